The average molecular weight is 366 g/mol. The highest BCUT2D eigenvalue weighted by molar-refractivity contribution is 5.90. The molecule has 3 aromatic heterocycles. The van der Waals surface area contributed by atoms with Crippen LogP contribution in [0.2, 0.25) is 0 Å². The van der Waals surface area contributed by atoms with E-state index in [1.54, 1.807) is 12.4 Å². The highest BCUT2D eigenvalue weighted by atomic mass is 19.4. The fourth-order valence-electron chi connectivity index (χ4n) is 2.28. The first kappa shape index (κ1) is 17.6. The maximum absolute atomic E-state index is 12.2. The molecule has 0 unspecified atom stereocenters. The minimum absolute atomic E-state index is 0.312. The van der Waals surface area contributed by atoms with E-state index in [2.05, 4.69) is 30.2 Å². The van der Waals surface area contributed by atoms with E-state index in [0.717, 1.165) is 5.39 Å². The van der Waals surface area contributed by atoms with Crippen LogP contribution < -0.4 is 15.6 Å². The molecule has 26 heavy (non-hydrogen) atoms. The minimum atomic E-state index is -4.46. The van der Waals surface area contributed by atoms with Crippen molar-refractivity contribution < 1.29 is 22.9 Å². The monoisotopic (exact) mass is 366 g/mol. The summed E-state index contributed by atoms with van der Waals surface area (Å²) in [7, 11) is 0. The van der Waals surface area contributed by atoms with Crippen LogP contribution in [0.4, 0.5) is 19.0 Å². The van der Waals surface area contributed by atoms with Crippen molar-refractivity contribution in [2.75, 3.05) is 11.9 Å². The Kier molecular flexibility index (Phi) is 4.69. The van der Waals surface area contributed by atoms with Crippen molar-refractivity contribution in [1.29, 1.82) is 0 Å². The first-order chi connectivity index (χ1) is 12.3. The summed E-state index contributed by atoms with van der Waals surface area (Å²) in [6, 6.07) is 0.619. The average Bonchev–Trinajstić information content (AvgIpc) is 3.03. The Labute approximate surface area is 145 Å². The van der Waals surface area contributed by atoms with Gasteiger partial charge in [-0.25, -0.2) is 15.0 Å². The lowest BCUT2D eigenvalue weighted by Gasteiger charge is -2.15. The van der Waals surface area contributed by atoms with Crippen LogP contribution in [0.5, 0.6) is 0 Å². The summed E-state index contributed by atoms with van der Waals surface area (Å²) >= 11 is 0. The van der Waals surface area contributed by atoms with Crippen molar-refractivity contribution in [3.8, 4) is 11.4 Å². The number of aromatic nitrogens is 5. The molecule has 0 radical (unpaired) electrons. The number of carbonyl (C=O) groups excluding carboxylic acids is 1. The van der Waals surface area contributed by atoms with Crippen molar-refractivity contribution in [1.82, 2.24) is 25.3 Å². The fourth-order valence-corrected chi connectivity index (χ4v) is 2.28. The molecule has 4 N–H and O–H groups in total. The van der Waals surface area contributed by atoms with Crippen molar-refractivity contribution in [2.24, 2.45) is 0 Å². The van der Waals surface area contributed by atoms with E-state index < -0.39 is 24.7 Å². The second kappa shape index (κ2) is 6.94. The molecule has 0 aliphatic heterocycles. The van der Waals surface area contributed by atoms with Gasteiger partial charge < -0.3 is 15.6 Å². The predicted molar refractivity (Wildman–Crippen MR) is 85.8 cm³/mol. The Morgan fingerprint density at radius 2 is 2.19 bits per heavy atom. The molecule has 3 heterocycles. The molecule has 136 valence electrons. The summed E-state index contributed by atoms with van der Waals surface area (Å²) in [4.78, 5) is 30.3. The summed E-state index contributed by atoms with van der Waals surface area (Å²) in [6.45, 7) is 0.0593. The molecule has 0 aliphatic rings. The maximum atomic E-state index is 12.2. The van der Waals surface area contributed by atoms with Gasteiger partial charge in [-0.3, -0.25) is 4.79 Å². The summed E-state index contributed by atoms with van der Waals surface area (Å²) in [5.74, 6) is -0.0918. The number of nitrogens with zero attached hydrogens (tertiary/aromatic N) is 3. The maximum Gasteiger partial charge on any atom is 0.405 e. The summed E-state index contributed by atoms with van der Waals surface area (Å²) < 4.78 is 36.5. The second-order valence-electron chi connectivity index (χ2n) is 5.50. The van der Waals surface area contributed by atoms with Crippen LogP contribution >= 0.6 is 0 Å². The van der Waals surface area contributed by atoms with Gasteiger partial charge in [0, 0.05) is 12.4 Å². The fraction of sp³-hybridized carbons (Fsp3) is 0.267. The van der Waals surface area contributed by atoms with E-state index in [4.69, 9.17) is 0 Å². The van der Waals surface area contributed by atoms with Gasteiger partial charge in [-0.2, -0.15) is 13.2 Å². The molecular weight excluding hydrogens is 351 g/mol. The van der Waals surface area contributed by atoms with E-state index in [0.29, 0.717) is 22.9 Å². The van der Waals surface area contributed by atoms with Crippen molar-refractivity contribution in [3.05, 3.63) is 31.0 Å². The normalized spacial score (nSPS) is 12.8. The lowest BCUT2D eigenvalue weighted by molar-refractivity contribution is -0.380. The zero-order valence-electron chi connectivity index (χ0n) is 13.6. The first-order valence-electron chi connectivity index (χ1n) is 7.61. The Morgan fingerprint density at radius 3 is 2.96 bits per heavy atom. The van der Waals surface area contributed by atoms with Gasteiger partial charge in [-0.1, -0.05) is 0 Å². The van der Waals surface area contributed by atoms with Crippen LogP contribution in [-0.4, -0.2) is 44.6 Å². The standard InChI is InChI=1S/C15H14F3N7O/c1-8(14(26)22-6-15(16,17)18)24-11-2-3-20-13(25-11)10-5-21-12-9(10)4-19-7-23-12/h2-5,7-8H,6H2,1H3,(H,22,26)(H,19,21,23)(H,20,24,25)/p+1/t8-/m1/s1. The Balaban J connectivity index is 1.74. The molecular formula is C15H15F3N7O+. The smallest absolute Gasteiger partial charge is 0.359 e. The number of aromatic amines is 2. The van der Waals surface area contributed by atoms with Gasteiger partial charge in [-0.05, 0) is 18.0 Å². The van der Waals surface area contributed by atoms with Gasteiger partial charge >= 0.3 is 6.18 Å². The lowest BCUT2D eigenvalue weighted by Crippen LogP contribution is -2.42. The first-order valence-corrected chi connectivity index (χ1v) is 7.61. The van der Waals surface area contributed by atoms with Gasteiger partial charge in [0.2, 0.25) is 5.91 Å². The van der Waals surface area contributed by atoms with Gasteiger partial charge in [0.1, 0.15) is 24.6 Å². The van der Waals surface area contributed by atoms with E-state index in [1.807, 2.05) is 5.32 Å². The van der Waals surface area contributed by atoms with Crippen LogP contribution in [0.25, 0.3) is 22.4 Å². The number of hydrogen-bond donors (Lipinski definition) is 3. The van der Waals surface area contributed by atoms with Crippen LogP contribution in [0.15, 0.2) is 31.0 Å². The lowest BCUT2D eigenvalue weighted by atomic mass is 10.2. The number of H-pyrrole nitrogens is 2. The number of carbonyl (C=O) groups is 1. The van der Waals surface area contributed by atoms with Gasteiger partial charge in [-0.15, -0.1) is 0 Å². The third-order valence-electron chi connectivity index (χ3n) is 3.51. The summed E-state index contributed by atoms with van der Waals surface area (Å²) in [5.41, 5.74) is 1.35. The number of fused-ring (bicyclic) bond motifs is 1. The van der Waals surface area contributed by atoms with E-state index in [-0.39, 0.29) is 0 Å². The zero-order valence-corrected chi connectivity index (χ0v) is 13.6. The Hall–Kier alpha value is -3.24. The largest absolute Gasteiger partial charge is 0.405 e. The SMILES string of the molecule is C[C@@H](Nc1ccnc(-c2c[nH]c3nc[nH+]cc23)n1)C(=O)NCC(F)(F)F. The highest BCUT2D eigenvalue weighted by Gasteiger charge is 2.28. The topological polar surface area (TPSA) is 110 Å². The zero-order chi connectivity index (χ0) is 18.7. The number of alkyl halides is 3. The second-order valence-corrected chi connectivity index (χ2v) is 5.50. The number of nitrogens with one attached hydrogen (secondary N) is 4. The molecule has 3 rings (SSSR count). The molecule has 11 heteroatoms. The highest BCUT2D eigenvalue weighted by Crippen LogP contribution is 2.24. The van der Waals surface area contributed by atoms with Crippen LogP contribution in [0.3, 0.4) is 0 Å². The Morgan fingerprint density at radius 1 is 1.38 bits per heavy atom. The van der Waals surface area contributed by atoms with Crippen LogP contribution in [0.1, 0.15) is 6.92 Å². The number of hydrogen-bond acceptors (Lipinski definition) is 5. The molecule has 0 saturated carbocycles. The number of halogens is 3. The third kappa shape index (κ3) is 4.05. The molecule has 0 spiro atoms. The molecule has 1 amide bonds. The van der Waals surface area contributed by atoms with E-state index >= 15 is 0 Å². The molecule has 0 aliphatic carbocycles. The number of rotatable bonds is 5. The summed E-state index contributed by atoms with van der Waals surface area (Å²) in [5, 5.41) is 5.36. The molecule has 0 aromatic carbocycles. The summed E-state index contributed by atoms with van der Waals surface area (Å²) in [6.07, 6.45) is 2.00. The van der Waals surface area contributed by atoms with Crippen LogP contribution in [0, 0.1) is 0 Å². The van der Waals surface area contributed by atoms with Gasteiger partial charge in [0.05, 0.1) is 10.9 Å². The van der Waals surface area contributed by atoms with Gasteiger partial charge in [0.15, 0.2) is 5.82 Å². The van der Waals surface area contributed by atoms with Crippen molar-refractivity contribution in [2.45, 2.75) is 19.1 Å². The van der Waals surface area contributed by atoms with Crippen molar-refractivity contribution in [3.63, 3.8) is 0 Å². The molecule has 1 atom stereocenters. The Bertz CT molecular complexity index is 925. The van der Waals surface area contributed by atoms with Gasteiger partial charge in [0.25, 0.3) is 12.0 Å². The molecule has 8 nitrogen and oxygen atoms in total. The number of anilines is 1. The molecule has 3 aromatic rings. The van der Waals surface area contributed by atoms with Crippen LogP contribution in [-0.2, 0) is 4.79 Å². The minimum Gasteiger partial charge on any atom is -0.359 e. The third-order valence-corrected chi connectivity index (χ3v) is 3.51. The number of amides is 1. The van der Waals surface area contributed by atoms with E-state index in [9.17, 15) is 18.0 Å². The molecule has 0 fully saturated rings. The van der Waals surface area contributed by atoms with E-state index in [1.165, 1.54) is 25.5 Å². The predicted octanol–water partition coefficient (Wildman–Crippen LogP) is 1.31. The molecule has 0 bridgehead atoms. The molecule has 0 saturated heterocycles. The quantitative estimate of drug-likeness (QED) is 0.631. The van der Waals surface area contributed by atoms with Crippen molar-refractivity contribution >= 4 is 22.8 Å².